The maximum atomic E-state index is 10.2. The van der Waals surface area contributed by atoms with Crippen molar-refractivity contribution in [1.29, 1.82) is 0 Å². The van der Waals surface area contributed by atoms with Gasteiger partial charge in [-0.25, -0.2) is 0 Å². The van der Waals surface area contributed by atoms with Crippen LogP contribution in [0.15, 0.2) is 72.8 Å². The molecule has 0 heterocycles. The van der Waals surface area contributed by atoms with Crippen LogP contribution < -0.4 is 30.1 Å². The van der Waals surface area contributed by atoms with E-state index in [4.69, 9.17) is 14.2 Å². The van der Waals surface area contributed by atoms with Gasteiger partial charge in [0.1, 0.15) is 0 Å². The SMILES string of the molecule is COc1ccc(P(Br)(CCO)(c2ccc(OC)cc2)c2ccc(OC)cc2)cc1. The van der Waals surface area contributed by atoms with E-state index in [2.05, 4.69) is 51.9 Å². The Morgan fingerprint density at radius 3 is 1.10 bits per heavy atom. The van der Waals surface area contributed by atoms with Gasteiger partial charge in [0.05, 0.1) is 0 Å². The topological polar surface area (TPSA) is 47.9 Å². The van der Waals surface area contributed by atoms with Crippen LogP contribution in [0.2, 0.25) is 0 Å². The second-order valence-electron chi connectivity index (χ2n) is 6.72. The Kier molecular flexibility index (Phi) is 6.52. The fourth-order valence-corrected chi connectivity index (χ4v) is 10.7. The first-order chi connectivity index (χ1) is 14.0. The summed E-state index contributed by atoms with van der Waals surface area (Å²) in [5.41, 5.74) is 0. The van der Waals surface area contributed by atoms with Gasteiger partial charge in [-0.2, -0.15) is 0 Å². The summed E-state index contributed by atoms with van der Waals surface area (Å²) in [6.45, 7) is 0.0349. The Labute approximate surface area is 180 Å². The number of halogens is 1. The summed E-state index contributed by atoms with van der Waals surface area (Å²) in [5, 5.41) is 10.4. The Bertz CT molecular complexity index is 822. The van der Waals surface area contributed by atoms with E-state index in [-0.39, 0.29) is 6.61 Å². The summed E-state index contributed by atoms with van der Waals surface area (Å²) in [7, 11) is 4.97. The normalized spacial score (nSPS) is 12.7. The van der Waals surface area contributed by atoms with Crippen LogP contribution >= 0.6 is 20.8 Å². The van der Waals surface area contributed by atoms with E-state index >= 15 is 0 Å². The van der Waals surface area contributed by atoms with Crippen LogP contribution in [0.1, 0.15) is 0 Å². The van der Waals surface area contributed by atoms with Crippen LogP contribution in [-0.4, -0.2) is 39.2 Å². The monoisotopic (exact) mass is 476 g/mol. The quantitative estimate of drug-likeness (QED) is 0.501. The molecule has 0 aliphatic rings. The molecular weight excluding hydrogens is 451 g/mol. The number of benzene rings is 3. The van der Waals surface area contributed by atoms with E-state index in [1.165, 1.54) is 0 Å². The molecule has 0 unspecified atom stereocenters. The van der Waals surface area contributed by atoms with Crippen molar-refractivity contribution in [3.8, 4) is 17.2 Å². The Morgan fingerprint density at radius 1 is 0.621 bits per heavy atom. The van der Waals surface area contributed by atoms with Gasteiger partial charge in [0, 0.05) is 0 Å². The van der Waals surface area contributed by atoms with Crippen LogP contribution in [0.4, 0.5) is 0 Å². The van der Waals surface area contributed by atoms with Gasteiger partial charge in [-0.05, 0) is 0 Å². The fraction of sp³-hybridized carbons (Fsp3) is 0.217. The molecule has 0 atom stereocenters. The van der Waals surface area contributed by atoms with E-state index in [1.54, 1.807) is 21.3 Å². The van der Waals surface area contributed by atoms with Gasteiger partial charge >= 0.3 is 180 Å². The first-order valence-electron chi connectivity index (χ1n) is 9.27. The van der Waals surface area contributed by atoms with Crippen LogP contribution in [0, 0.1) is 0 Å². The molecule has 0 aliphatic carbocycles. The third-order valence-electron chi connectivity index (χ3n) is 5.35. The predicted octanol–water partition coefficient (Wildman–Crippen LogP) is 3.84. The van der Waals surface area contributed by atoms with Crippen LogP contribution in [0.3, 0.4) is 0 Å². The summed E-state index contributed by atoms with van der Waals surface area (Å²) >= 11 is 4.27. The van der Waals surface area contributed by atoms with Crippen molar-refractivity contribution in [3.05, 3.63) is 72.8 Å². The van der Waals surface area contributed by atoms with E-state index in [0.717, 1.165) is 33.2 Å². The molecule has 0 amide bonds. The van der Waals surface area contributed by atoms with Crippen molar-refractivity contribution in [2.75, 3.05) is 34.1 Å². The van der Waals surface area contributed by atoms with Crippen molar-refractivity contribution in [2.45, 2.75) is 0 Å². The predicted molar refractivity (Wildman–Crippen MR) is 126 cm³/mol. The van der Waals surface area contributed by atoms with Crippen LogP contribution in [0.25, 0.3) is 0 Å². The second-order valence-corrected chi connectivity index (χ2v) is 15.8. The third kappa shape index (κ3) is 3.75. The Morgan fingerprint density at radius 2 is 0.897 bits per heavy atom. The van der Waals surface area contributed by atoms with Crippen molar-refractivity contribution in [3.63, 3.8) is 0 Å². The first-order valence-corrected chi connectivity index (χ1v) is 13.7. The van der Waals surface area contributed by atoms with Crippen LogP contribution in [0.5, 0.6) is 17.2 Å². The maximum absolute atomic E-state index is 10.2. The molecule has 0 aromatic heterocycles. The molecule has 0 bridgehead atoms. The molecule has 0 spiro atoms. The van der Waals surface area contributed by atoms with E-state index in [1.807, 2.05) is 36.4 Å². The molecule has 154 valence electrons. The zero-order valence-electron chi connectivity index (χ0n) is 16.8. The molecule has 3 aromatic rings. The molecular formula is C23H26BrO4P. The van der Waals surface area contributed by atoms with Gasteiger partial charge in [-0.1, -0.05) is 0 Å². The molecule has 1 N–H and O–H groups in total. The zero-order valence-corrected chi connectivity index (χ0v) is 19.3. The van der Waals surface area contributed by atoms with Gasteiger partial charge in [-0.15, -0.1) is 0 Å². The van der Waals surface area contributed by atoms with Crippen molar-refractivity contribution in [2.24, 2.45) is 0 Å². The van der Waals surface area contributed by atoms with Crippen molar-refractivity contribution in [1.82, 2.24) is 0 Å². The summed E-state index contributed by atoms with van der Waals surface area (Å²) in [6.07, 6.45) is 0.552. The summed E-state index contributed by atoms with van der Waals surface area (Å²) in [6, 6.07) is 24.2. The molecule has 0 radical (unpaired) electrons. The molecule has 0 fully saturated rings. The van der Waals surface area contributed by atoms with Crippen molar-refractivity contribution < 1.29 is 19.3 Å². The number of ether oxygens (including phenoxy) is 3. The van der Waals surface area contributed by atoms with Gasteiger partial charge in [0.15, 0.2) is 0 Å². The Hall–Kier alpha value is -2.07. The van der Waals surface area contributed by atoms with Gasteiger partial charge in [0.25, 0.3) is 0 Å². The van der Waals surface area contributed by atoms with Gasteiger partial charge in [0.2, 0.25) is 0 Å². The van der Waals surface area contributed by atoms with E-state index < -0.39 is 5.31 Å². The molecule has 0 saturated carbocycles. The minimum atomic E-state index is -3.15. The Balaban J connectivity index is 2.33. The van der Waals surface area contributed by atoms with Gasteiger partial charge < -0.3 is 0 Å². The van der Waals surface area contributed by atoms with Gasteiger partial charge in [-0.3, -0.25) is 0 Å². The number of rotatable bonds is 8. The number of methoxy groups -OCH3 is 3. The molecule has 4 nitrogen and oxygen atoms in total. The standard InChI is InChI=1S/C23H26BrO4P/c1-26-18-4-10-21(11-5-18)29(24,17-16-25,22-12-6-19(27-2)7-13-22)23-14-8-20(28-3)9-15-23/h4-15,25H,16-17H2,1-3H3. The number of aliphatic hydroxyl groups is 1. The molecule has 0 aliphatic heterocycles. The fourth-order valence-electron chi connectivity index (χ4n) is 3.70. The number of hydrogen-bond acceptors (Lipinski definition) is 4. The minimum absolute atomic E-state index is 0.0349. The average Bonchev–Trinajstić information content (AvgIpc) is 2.79. The third-order valence-corrected chi connectivity index (χ3v) is 15.3. The molecule has 0 saturated heterocycles. The molecule has 6 heteroatoms. The molecule has 3 aromatic carbocycles. The zero-order chi connectivity index (χ0) is 20.9. The summed E-state index contributed by atoms with van der Waals surface area (Å²) in [5.74, 6) is 2.37. The summed E-state index contributed by atoms with van der Waals surface area (Å²) < 4.78 is 16.1. The summed E-state index contributed by atoms with van der Waals surface area (Å²) in [4.78, 5) is 0. The molecule has 29 heavy (non-hydrogen) atoms. The molecule has 3 rings (SSSR count). The second kappa shape index (κ2) is 8.74. The van der Waals surface area contributed by atoms with E-state index in [9.17, 15) is 5.11 Å². The number of hydrogen-bond donors (Lipinski definition) is 1. The van der Waals surface area contributed by atoms with Crippen molar-refractivity contribution >= 4 is 36.7 Å². The van der Waals surface area contributed by atoms with E-state index in [0.29, 0.717) is 6.16 Å². The van der Waals surface area contributed by atoms with Crippen LogP contribution in [-0.2, 0) is 0 Å². The number of aliphatic hydroxyl groups excluding tert-OH is 1. The average molecular weight is 477 g/mol. The first kappa shape index (κ1) is 21.6.